The van der Waals surface area contributed by atoms with E-state index >= 15 is 0 Å². The van der Waals surface area contributed by atoms with Crippen LogP contribution in [0.1, 0.15) is 37.0 Å². The first-order chi connectivity index (χ1) is 14.4. The third-order valence-corrected chi connectivity index (χ3v) is 7.38. The summed E-state index contributed by atoms with van der Waals surface area (Å²) in [6.45, 7) is 5.34. The number of nitrogens with zero attached hydrogens (tertiary/aromatic N) is 1. The molecule has 1 saturated heterocycles. The van der Waals surface area contributed by atoms with E-state index < -0.39 is 20.9 Å². The van der Waals surface area contributed by atoms with Crippen LogP contribution in [0.2, 0.25) is 0 Å². The summed E-state index contributed by atoms with van der Waals surface area (Å²) in [6.07, 6.45) is 0.668. The number of benzene rings is 2. The van der Waals surface area contributed by atoms with E-state index in [1.54, 1.807) is 23.1 Å². The maximum atomic E-state index is 13.1. The normalized spacial score (nSPS) is 15.1. The quantitative estimate of drug-likeness (QED) is 0.620. The van der Waals surface area contributed by atoms with E-state index in [1.807, 2.05) is 13.8 Å². The Labute approximate surface area is 176 Å². The number of hydrogen-bond donors (Lipinski definition) is 0. The summed E-state index contributed by atoms with van der Waals surface area (Å²) >= 11 is 0. The van der Waals surface area contributed by atoms with Crippen LogP contribution in [0, 0.1) is 5.82 Å². The molecule has 0 radical (unpaired) electrons. The fourth-order valence-electron chi connectivity index (χ4n) is 3.55. The van der Waals surface area contributed by atoms with Crippen molar-refractivity contribution in [3.63, 3.8) is 0 Å². The van der Waals surface area contributed by atoms with Crippen molar-refractivity contribution in [1.82, 2.24) is 4.90 Å². The largest absolute Gasteiger partial charge is 0.490 e. The van der Waals surface area contributed by atoms with E-state index in [4.69, 9.17) is 9.47 Å². The van der Waals surface area contributed by atoms with Gasteiger partial charge < -0.3 is 14.4 Å². The zero-order chi connectivity index (χ0) is 21.7. The summed E-state index contributed by atoms with van der Waals surface area (Å²) in [4.78, 5) is 14.7. The molecule has 30 heavy (non-hydrogen) atoms. The van der Waals surface area contributed by atoms with Crippen LogP contribution in [0.25, 0.3) is 0 Å². The predicted octanol–water partition coefficient (Wildman–Crippen LogP) is 3.70. The van der Waals surface area contributed by atoms with Crippen molar-refractivity contribution in [3.8, 4) is 11.5 Å². The third kappa shape index (κ3) is 4.75. The van der Waals surface area contributed by atoms with Crippen molar-refractivity contribution in [2.24, 2.45) is 0 Å². The van der Waals surface area contributed by atoms with Gasteiger partial charge in [0.2, 0.25) is 0 Å². The van der Waals surface area contributed by atoms with Gasteiger partial charge in [-0.05, 0) is 69.2 Å². The minimum absolute atomic E-state index is 0.113. The molecule has 1 amide bonds. The van der Waals surface area contributed by atoms with Gasteiger partial charge in [0.15, 0.2) is 21.3 Å². The van der Waals surface area contributed by atoms with Gasteiger partial charge in [-0.25, -0.2) is 12.8 Å². The molecule has 2 aromatic carbocycles. The van der Waals surface area contributed by atoms with E-state index in [2.05, 4.69) is 0 Å². The highest BCUT2D eigenvalue weighted by Gasteiger charge is 2.33. The lowest BCUT2D eigenvalue weighted by molar-refractivity contribution is 0.0725. The van der Waals surface area contributed by atoms with Crippen molar-refractivity contribution in [3.05, 3.63) is 53.8 Å². The minimum Gasteiger partial charge on any atom is -0.490 e. The van der Waals surface area contributed by atoms with Crippen LogP contribution in [0.4, 0.5) is 4.39 Å². The summed E-state index contributed by atoms with van der Waals surface area (Å²) in [5.41, 5.74) is 0.474. The fourth-order valence-corrected chi connectivity index (χ4v) is 5.28. The number of carbonyl (C=O) groups excluding carboxylic acids is 1. The Morgan fingerprint density at radius 2 is 1.60 bits per heavy atom. The summed E-state index contributed by atoms with van der Waals surface area (Å²) in [6, 6.07) is 9.94. The molecule has 1 heterocycles. The van der Waals surface area contributed by atoms with Gasteiger partial charge in [-0.3, -0.25) is 4.79 Å². The second kappa shape index (κ2) is 9.47. The van der Waals surface area contributed by atoms with E-state index in [-0.39, 0.29) is 10.8 Å². The number of hydrogen-bond acceptors (Lipinski definition) is 5. The van der Waals surface area contributed by atoms with E-state index in [0.29, 0.717) is 56.2 Å². The first-order valence-electron chi connectivity index (χ1n) is 10.0. The minimum atomic E-state index is -3.56. The molecule has 3 rings (SSSR count). The Hall–Kier alpha value is -2.61. The molecule has 0 spiro atoms. The van der Waals surface area contributed by atoms with Gasteiger partial charge in [0, 0.05) is 18.7 Å². The van der Waals surface area contributed by atoms with Gasteiger partial charge >= 0.3 is 0 Å². The fraction of sp³-hybridized carbons (Fsp3) is 0.409. The number of likely N-dealkylation sites (tertiary alicyclic amines) is 1. The van der Waals surface area contributed by atoms with Gasteiger partial charge in [0.1, 0.15) is 5.82 Å². The summed E-state index contributed by atoms with van der Waals surface area (Å²) in [5, 5.41) is -0.591. The molecule has 1 aliphatic rings. The first-order valence-corrected chi connectivity index (χ1v) is 11.6. The molecule has 0 unspecified atom stereocenters. The highest BCUT2D eigenvalue weighted by Crippen LogP contribution is 2.30. The predicted molar refractivity (Wildman–Crippen MR) is 111 cm³/mol. The van der Waals surface area contributed by atoms with Gasteiger partial charge in [0.25, 0.3) is 5.91 Å². The molecule has 0 aliphatic carbocycles. The first kappa shape index (κ1) is 22.1. The number of rotatable bonds is 7. The van der Waals surface area contributed by atoms with E-state index in [9.17, 15) is 17.6 Å². The molecule has 1 aliphatic heterocycles. The smallest absolute Gasteiger partial charge is 0.253 e. The number of halogens is 1. The van der Waals surface area contributed by atoms with Crippen LogP contribution in [-0.4, -0.2) is 50.8 Å². The summed E-state index contributed by atoms with van der Waals surface area (Å²) in [7, 11) is -3.56. The Bertz CT molecular complexity index is 983. The molecule has 0 bridgehead atoms. The molecular weight excluding hydrogens is 409 g/mol. The second-order valence-electron chi connectivity index (χ2n) is 7.02. The monoisotopic (exact) mass is 435 g/mol. The number of ether oxygens (including phenoxy) is 2. The van der Waals surface area contributed by atoms with Crippen LogP contribution in [-0.2, 0) is 9.84 Å². The standard InChI is InChI=1S/C22H26FNO5S/c1-3-28-20-10-5-16(15-21(20)29-4-2)22(25)24-13-11-19(12-14-24)30(26,27)18-8-6-17(23)7-9-18/h5-10,15,19H,3-4,11-14H2,1-2H3. The van der Waals surface area contributed by atoms with Crippen LogP contribution in [0.5, 0.6) is 11.5 Å². The highest BCUT2D eigenvalue weighted by molar-refractivity contribution is 7.92. The number of carbonyl (C=O) groups is 1. The maximum absolute atomic E-state index is 13.1. The Kier molecular flexibility index (Phi) is 6.97. The molecule has 2 aromatic rings. The molecule has 6 nitrogen and oxygen atoms in total. The van der Waals surface area contributed by atoms with Gasteiger partial charge in [-0.1, -0.05) is 0 Å². The Morgan fingerprint density at radius 1 is 1.00 bits per heavy atom. The van der Waals surface area contributed by atoms with Gasteiger partial charge in [0.05, 0.1) is 23.4 Å². The topological polar surface area (TPSA) is 72.9 Å². The van der Waals surface area contributed by atoms with Crippen molar-refractivity contribution < 1.29 is 27.1 Å². The average Bonchev–Trinajstić information content (AvgIpc) is 2.75. The zero-order valence-electron chi connectivity index (χ0n) is 17.1. The summed E-state index contributed by atoms with van der Waals surface area (Å²) in [5.74, 6) is 0.451. The number of piperidine rings is 1. The van der Waals surface area contributed by atoms with Crippen molar-refractivity contribution in [2.75, 3.05) is 26.3 Å². The molecule has 0 saturated carbocycles. The van der Waals surface area contributed by atoms with Crippen LogP contribution in [0.15, 0.2) is 47.4 Å². The van der Waals surface area contributed by atoms with Crippen LogP contribution < -0.4 is 9.47 Å². The van der Waals surface area contributed by atoms with E-state index in [0.717, 1.165) is 12.1 Å². The molecular formula is C22H26FNO5S. The Balaban J connectivity index is 1.69. The Morgan fingerprint density at radius 3 is 2.20 bits per heavy atom. The van der Waals surface area contributed by atoms with Crippen LogP contribution in [0.3, 0.4) is 0 Å². The van der Waals surface area contributed by atoms with E-state index in [1.165, 1.54) is 12.1 Å². The lowest BCUT2D eigenvalue weighted by Crippen LogP contribution is -2.42. The second-order valence-corrected chi connectivity index (χ2v) is 9.25. The van der Waals surface area contributed by atoms with Crippen molar-refractivity contribution >= 4 is 15.7 Å². The SMILES string of the molecule is CCOc1ccc(C(=O)N2CCC(S(=O)(=O)c3ccc(F)cc3)CC2)cc1OCC. The van der Waals surface area contributed by atoms with Gasteiger partial charge in [-0.15, -0.1) is 0 Å². The highest BCUT2D eigenvalue weighted by atomic mass is 32.2. The molecule has 0 aromatic heterocycles. The molecule has 1 fully saturated rings. The zero-order valence-corrected chi connectivity index (χ0v) is 18.0. The molecule has 162 valence electrons. The molecule has 0 N–H and O–H groups in total. The van der Waals surface area contributed by atoms with Gasteiger partial charge in [-0.2, -0.15) is 0 Å². The molecule has 8 heteroatoms. The summed E-state index contributed by atoms with van der Waals surface area (Å²) < 4.78 is 49.8. The number of sulfone groups is 1. The third-order valence-electron chi connectivity index (χ3n) is 5.10. The van der Waals surface area contributed by atoms with Crippen molar-refractivity contribution in [2.45, 2.75) is 36.8 Å². The maximum Gasteiger partial charge on any atom is 0.253 e. The average molecular weight is 436 g/mol. The van der Waals surface area contributed by atoms with Crippen molar-refractivity contribution in [1.29, 1.82) is 0 Å². The lowest BCUT2D eigenvalue weighted by Gasteiger charge is -2.32. The molecule has 0 atom stereocenters. The lowest BCUT2D eigenvalue weighted by atomic mass is 10.1. The number of amides is 1. The van der Waals surface area contributed by atoms with Crippen LogP contribution >= 0.6 is 0 Å².